The molecule has 0 bridgehead atoms. The summed E-state index contributed by atoms with van der Waals surface area (Å²) in [7, 11) is 0. The first-order valence-corrected chi connectivity index (χ1v) is 3.36. The van der Waals surface area contributed by atoms with Crippen LogP contribution in [0.15, 0.2) is 0 Å². The van der Waals surface area contributed by atoms with Crippen molar-refractivity contribution in [3.8, 4) is 0 Å². The van der Waals surface area contributed by atoms with Gasteiger partial charge in [0.25, 0.3) is 0 Å². The second kappa shape index (κ2) is 4.94. The lowest BCUT2D eigenvalue weighted by molar-refractivity contribution is -0.0488. The van der Waals surface area contributed by atoms with E-state index in [1.54, 1.807) is 0 Å². The van der Waals surface area contributed by atoms with Gasteiger partial charge < -0.3 is 10.5 Å². The molecule has 0 fully saturated rings. The Balaban J connectivity index is 0. The lowest BCUT2D eigenvalue weighted by Crippen LogP contribution is -2.36. The largest absolute Gasteiger partial charge is 0.372 e. The summed E-state index contributed by atoms with van der Waals surface area (Å²) in [5.74, 6) is 0. The van der Waals surface area contributed by atoms with Crippen LogP contribution in [0.1, 0.15) is 27.7 Å². The van der Waals surface area contributed by atoms with Crippen LogP contribution in [0.5, 0.6) is 0 Å². The van der Waals surface area contributed by atoms with E-state index in [-0.39, 0.29) is 24.1 Å². The van der Waals surface area contributed by atoms with Crippen molar-refractivity contribution in [2.24, 2.45) is 5.73 Å². The molecule has 0 aliphatic heterocycles. The van der Waals surface area contributed by atoms with E-state index < -0.39 is 0 Å². The van der Waals surface area contributed by atoms with E-state index in [0.717, 1.165) is 0 Å². The Hall–Kier alpha value is 0.210. The van der Waals surface area contributed by atoms with Crippen LogP contribution in [-0.2, 0) is 4.74 Å². The molecule has 0 saturated carbocycles. The molecule has 0 heterocycles. The zero-order chi connectivity index (χ0) is 7.49. The highest BCUT2D eigenvalue weighted by Crippen LogP contribution is 2.08. The van der Waals surface area contributed by atoms with Gasteiger partial charge in [-0.25, -0.2) is 0 Å². The van der Waals surface area contributed by atoms with Gasteiger partial charge >= 0.3 is 0 Å². The number of nitrogens with two attached hydrogens (primary N) is 1. The molecule has 2 nitrogen and oxygen atoms in total. The van der Waals surface area contributed by atoms with Gasteiger partial charge in [0, 0.05) is 6.54 Å². The summed E-state index contributed by atoms with van der Waals surface area (Å²) < 4.78 is 5.46. The van der Waals surface area contributed by atoms with E-state index in [2.05, 4.69) is 0 Å². The van der Waals surface area contributed by atoms with Crippen LogP contribution in [0.2, 0.25) is 0 Å². The average Bonchev–Trinajstić information content (AvgIpc) is 1.63. The Bertz CT molecular complexity index is 83.7. The first-order chi connectivity index (χ1) is 3.98. The molecule has 0 saturated heterocycles. The number of hydrogen-bond acceptors (Lipinski definition) is 2. The Labute approximate surface area is 69.5 Å². The standard InChI is InChI=1S/C7H17NO.ClH/c1-6(2)9-7(3,4)5-8;/h6H,5,8H2,1-4H3;1H. The second-order valence-electron chi connectivity index (χ2n) is 3.13. The van der Waals surface area contributed by atoms with Gasteiger partial charge in [-0.2, -0.15) is 0 Å². The summed E-state index contributed by atoms with van der Waals surface area (Å²) in [4.78, 5) is 0. The molecule has 10 heavy (non-hydrogen) atoms. The van der Waals surface area contributed by atoms with Gasteiger partial charge in [-0.05, 0) is 27.7 Å². The van der Waals surface area contributed by atoms with Crippen molar-refractivity contribution in [1.82, 2.24) is 0 Å². The summed E-state index contributed by atoms with van der Waals surface area (Å²) >= 11 is 0. The van der Waals surface area contributed by atoms with Crippen molar-refractivity contribution < 1.29 is 4.74 Å². The molecule has 0 aliphatic rings. The van der Waals surface area contributed by atoms with Gasteiger partial charge in [0.05, 0.1) is 11.7 Å². The van der Waals surface area contributed by atoms with Crippen molar-refractivity contribution in [3.05, 3.63) is 0 Å². The fourth-order valence-electron chi connectivity index (χ4n) is 0.686. The minimum atomic E-state index is -0.159. The monoisotopic (exact) mass is 167 g/mol. The third-order valence-electron chi connectivity index (χ3n) is 1.05. The van der Waals surface area contributed by atoms with Gasteiger partial charge in [-0.3, -0.25) is 0 Å². The highest BCUT2D eigenvalue weighted by Gasteiger charge is 2.16. The third-order valence-corrected chi connectivity index (χ3v) is 1.05. The fourth-order valence-corrected chi connectivity index (χ4v) is 0.686. The molecule has 64 valence electrons. The molecule has 0 aliphatic carbocycles. The Morgan fingerprint density at radius 1 is 1.40 bits per heavy atom. The Morgan fingerprint density at radius 3 is 1.90 bits per heavy atom. The molecule has 0 aromatic carbocycles. The van der Waals surface area contributed by atoms with Crippen LogP contribution >= 0.6 is 12.4 Å². The van der Waals surface area contributed by atoms with Gasteiger partial charge in [0.1, 0.15) is 0 Å². The first kappa shape index (κ1) is 12.8. The zero-order valence-electron chi connectivity index (χ0n) is 7.18. The highest BCUT2D eigenvalue weighted by molar-refractivity contribution is 5.85. The second-order valence-corrected chi connectivity index (χ2v) is 3.13. The van der Waals surface area contributed by atoms with Crippen molar-refractivity contribution >= 4 is 12.4 Å². The molecule has 0 rings (SSSR count). The molecule has 0 aromatic rings. The van der Waals surface area contributed by atoms with E-state index in [0.29, 0.717) is 6.54 Å². The van der Waals surface area contributed by atoms with E-state index in [4.69, 9.17) is 10.5 Å². The number of halogens is 1. The average molecular weight is 168 g/mol. The van der Waals surface area contributed by atoms with E-state index in [1.807, 2.05) is 27.7 Å². The zero-order valence-corrected chi connectivity index (χ0v) is 7.99. The topological polar surface area (TPSA) is 35.2 Å². The minimum Gasteiger partial charge on any atom is -0.372 e. The van der Waals surface area contributed by atoms with Crippen molar-refractivity contribution in [2.75, 3.05) is 6.54 Å². The summed E-state index contributed by atoms with van der Waals surface area (Å²) in [6.07, 6.45) is 0.267. The summed E-state index contributed by atoms with van der Waals surface area (Å²) in [6, 6.07) is 0. The summed E-state index contributed by atoms with van der Waals surface area (Å²) in [5.41, 5.74) is 5.27. The maximum atomic E-state index is 5.46. The maximum Gasteiger partial charge on any atom is 0.0751 e. The molecule has 0 amide bonds. The van der Waals surface area contributed by atoms with Gasteiger partial charge in [0.15, 0.2) is 0 Å². The van der Waals surface area contributed by atoms with E-state index in [9.17, 15) is 0 Å². The molecular weight excluding hydrogens is 150 g/mol. The molecule has 0 atom stereocenters. The van der Waals surface area contributed by atoms with E-state index in [1.165, 1.54) is 0 Å². The molecule has 0 spiro atoms. The lowest BCUT2D eigenvalue weighted by atomic mass is 10.1. The number of rotatable bonds is 3. The van der Waals surface area contributed by atoms with Crippen LogP contribution in [0.3, 0.4) is 0 Å². The van der Waals surface area contributed by atoms with Gasteiger partial charge in [-0.1, -0.05) is 0 Å². The van der Waals surface area contributed by atoms with Crippen LogP contribution in [0.4, 0.5) is 0 Å². The predicted molar refractivity (Wildman–Crippen MR) is 46.6 cm³/mol. The van der Waals surface area contributed by atoms with E-state index >= 15 is 0 Å². The smallest absolute Gasteiger partial charge is 0.0751 e. The SMILES string of the molecule is CC(C)OC(C)(C)CN.Cl. The molecule has 0 aromatic heterocycles. The summed E-state index contributed by atoms with van der Waals surface area (Å²) in [5, 5.41) is 0. The third kappa shape index (κ3) is 6.33. The molecule has 2 N–H and O–H groups in total. The maximum absolute atomic E-state index is 5.46. The Kier molecular flexibility index (Phi) is 6.35. The van der Waals surface area contributed by atoms with Crippen molar-refractivity contribution in [3.63, 3.8) is 0 Å². The first-order valence-electron chi connectivity index (χ1n) is 3.36. The summed E-state index contributed by atoms with van der Waals surface area (Å²) in [6.45, 7) is 8.58. The van der Waals surface area contributed by atoms with Crippen molar-refractivity contribution in [1.29, 1.82) is 0 Å². The molecule has 0 unspecified atom stereocenters. The molecule has 0 radical (unpaired) electrons. The predicted octanol–water partition coefficient (Wildman–Crippen LogP) is 1.57. The van der Waals surface area contributed by atoms with Crippen LogP contribution in [0.25, 0.3) is 0 Å². The minimum absolute atomic E-state index is 0. The number of hydrogen-bond donors (Lipinski definition) is 1. The van der Waals surface area contributed by atoms with Gasteiger partial charge in [-0.15, -0.1) is 12.4 Å². The Morgan fingerprint density at radius 2 is 1.80 bits per heavy atom. The van der Waals surface area contributed by atoms with Gasteiger partial charge in [0.2, 0.25) is 0 Å². The lowest BCUT2D eigenvalue weighted by Gasteiger charge is -2.25. The number of ether oxygens (including phenoxy) is 1. The molecular formula is C7H18ClNO. The quantitative estimate of drug-likeness (QED) is 0.693. The van der Waals surface area contributed by atoms with Crippen LogP contribution < -0.4 is 5.73 Å². The highest BCUT2D eigenvalue weighted by atomic mass is 35.5. The molecule has 3 heteroatoms. The fraction of sp³-hybridized carbons (Fsp3) is 1.00. The van der Waals surface area contributed by atoms with Crippen LogP contribution in [0, 0.1) is 0 Å². The van der Waals surface area contributed by atoms with Crippen molar-refractivity contribution in [2.45, 2.75) is 39.4 Å². The van der Waals surface area contributed by atoms with Crippen LogP contribution in [-0.4, -0.2) is 18.2 Å². The normalized spacial score (nSPS) is 11.4.